The molecule has 16 heavy (non-hydrogen) atoms. The standard InChI is InChI=1S/C10H8ClN5/c11-8-3-4-9-12-10(14-16(9)7-8)13-15-5-1-2-6-15/h1-7H,(H,13,14). The molecule has 0 aliphatic carbocycles. The van der Waals surface area contributed by atoms with Gasteiger partial charge >= 0.3 is 0 Å². The van der Waals surface area contributed by atoms with Crippen molar-refractivity contribution < 1.29 is 0 Å². The van der Waals surface area contributed by atoms with Crippen molar-refractivity contribution in [2.75, 3.05) is 5.43 Å². The van der Waals surface area contributed by atoms with Gasteiger partial charge in [0.1, 0.15) is 0 Å². The first kappa shape index (κ1) is 9.23. The lowest BCUT2D eigenvalue weighted by atomic mass is 10.5. The van der Waals surface area contributed by atoms with E-state index in [1.165, 1.54) is 0 Å². The van der Waals surface area contributed by atoms with Gasteiger partial charge in [0.25, 0.3) is 5.95 Å². The van der Waals surface area contributed by atoms with Crippen molar-refractivity contribution in [3.8, 4) is 0 Å². The molecule has 3 aromatic heterocycles. The van der Waals surface area contributed by atoms with Crippen LogP contribution < -0.4 is 5.43 Å². The zero-order chi connectivity index (χ0) is 11.0. The summed E-state index contributed by atoms with van der Waals surface area (Å²) in [4.78, 5) is 4.29. The van der Waals surface area contributed by atoms with E-state index < -0.39 is 0 Å². The molecule has 5 nitrogen and oxygen atoms in total. The average Bonchev–Trinajstić information content (AvgIpc) is 2.86. The maximum absolute atomic E-state index is 5.86. The highest BCUT2D eigenvalue weighted by Gasteiger charge is 2.02. The van der Waals surface area contributed by atoms with E-state index in [0.29, 0.717) is 11.0 Å². The number of anilines is 1. The second-order valence-electron chi connectivity index (χ2n) is 3.29. The molecule has 1 N–H and O–H groups in total. The molecule has 3 rings (SSSR count). The summed E-state index contributed by atoms with van der Waals surface area (Å²) in [6.07, 6.45) is 5.46. The molecule has 0 aromatic carbocycles. The predicted molar refractivity (Wildman–Crippen MR) is 61.4 cm³/mol. The van der Waals surface area contributed by atoms with Crippen molar-refractivity contribution >= 4 is 23.2 Å². The molecule has 6 heteroatoms. The van der Waals surface area contributed by atoms with E-state index in [2.05, 4.69) is 15.5 Å². The van der Waals surface area contributed by atoms with Crippen molar-refractivity contribution in [1.82, 2.24) is 19.3 Å². The molecule has 3 aromatic rings. The summed E-state index contributed by atoms with van der Waals surface area (Å²) in [5.41, 5.74) is 3.77. The monoisotopic (exact) mass is 233 g/mol. The van der Waals surface area contributed by atoms with E-state index in [1.807, 2.05) is 30.6 Å². The Bertz CT molecular complexity index is 613. The molecule has 0 unspecified atom stereocenters. The van der Waals surface area contributed by atoms with Gasteiger partial charge < -0.3 is 0 Å². The van der Waals surface area contributed by atoms with Crippen LogP contribution in [0.5, 0.6) is 0 Å². The SMILES string of the molecule is Clc1ccc2nc(Nn3cccc3)nn2c1. The molecular formula is C10H8ClN5. The van der Waals surface area contributed by atoms with Crippen molar-refractivity contribution in [1.29, 1.82) is 0 Å². The first-order chi connectivity index (χ1) is 7.81. The molecule has 0 saturated carbocycles. The molecule has 0 spiro atoms. The number of fused-ring (bicyclic) bond motifs is 1. The summed E-state index contributed by atoms with van der Waals surface area (Å²) < 4.78 is 3.41. The van der Waals surface area contributed by atoms with E-state index in [4.69, 9.17) is 11.6 Å². The van der Waals surface area contributed by atoms with Gasteiger partial charge in [0.15, 0.2) is 5.65 Å². The largest absolute Gasteiger partial charge is 0.268 e. The molecule has 80 valence electrons. The summed E-state index contributed by atoms with van der Waals surface area (Å²) in [6.45, 7) is 0. The minimum Gasteiger partial charge on any atom is -0.268 e. The van der Waals surface area contributed by atoms with Crippen molar-refractivity contribution in [2.45, 2.75) is 0 Å². The third-order valence-electron chi connectivity index (χ3n) is 2.13. The van der Waals surface area contributed by atoms with Gasteiger partial charge in [-0.2, -0.15) is 4.98 Å². The lowest BCUT2D eigenvalue weighted by Gasteiger charge is -2.00. The van der Waals surface area contributed by atoms with Gasteiger partial charge in [0.2, 0.25) is 0 Å². The van der Waals surface area contributed by atoms with E-state index in [-0.39, 0.29) is 0 Å². The average molecular weight is 234 g/mol. The van der Waals surface area contributed by atoms with Crippen molar-refractivity contribution in [2.24, 2.45) is 0 Å². The van der Waals surface area contributed by atoms with Gasteiger partial charge in [-0.3, -0.25) is 10.1 Å². The molecule has 0 saturated heterocycles. The molecule has 0 amide bonds. The number of aromatic nitrogens is 4. The van der Waals surface area contributed by atoms with Gasteiger partial charge in [-0.25, -0.2) is 4.52 Å². The summed E-state index contributed by atoms with van der Waals surface area (Å²) in [5, 5.41) is 4.87. The minimum atomic E-state index is 0.526. The molecule has 0 bridgehead atoms. The van der Waals surface area contributed by atoms with E-state index in [0.717, 1.165) is 5.65 Å². The van der Waals surface area contributed by atoms with E-state index in [9.17, 15) is 0 Å². The first-order valence-electron chi connectivity index (χ1n) is 4.73. The number of nitrogens with zero attached hydrogens (tertiary/aromatic N) is 4. The highest BCUT2D eigenvalue weighted by atomic mass is 35.5. The Morgan fingerprint density at radius 3 is 2.81 bits per heavy atom. The number of hydrogen-bond acceptors (Lipinski definition) is 3. The highest BCUT2D eigenvalue weighted by Crippen LogP contribution is 2.11. The molecule has 3 heterocycles. The number of rotatable bonds is 2. The van der Waals surface area contributed by atoms with Gasteiger partial charge in [0.05, 0.1) is 5.02 Å². The maximum atomic E-state index is 5.86. The normalized spacial score (nSPS) is 10.8. The maximum Gasteiger partial charge on any atom is 0.262 e. The fourth-order valence-corrected chi connectivity index (χ4v) is 1.59. The number of halogens is 1. The van der Waals surface area contributed by atoms with E-state index in [1.54, 1.807) is 21.5 Å². The van der Waals surface area contributed by atoms with Crippen LogP contribution in [-0.2, 0) is 0 Å². The molecule has 0 atom stereocenters. The Balaban J connectivity index is 1.99. The Labute approximate surface area is 96.3 Å². The van der Waals surface area contributed by atoms with Gasteiger partial charge in [-0.05, 0) is 24.3 Å². The first-order valence-corrected chi connectivity index (χ1v) is 5.11. The second kappa shape index (κ2) is 3.53. The number of nitrogens with one attached hydrogen (secondary N) is 1. The molecule has 0 aliphatic rings. The zero-order valence-corrected chi connectivity index (χ0v) is 8.96. The van der Waals surface area contributed by atoms with Crippen LogP contribution in [0, 0.1) is 0 Å². The van der Waals surface area contributed by atoms with Crippen LogP contribution >= 0.6 is 11.6 Å². The lowest BCUT2D eigenvalue weighted by molar-refractivity contribution is 0.902. The topological polar surface area (TPSA) is 47.2 Å². The lowest BCUT2D eigenvalue weighted by Crippen LogP contribution is -2.07. The Hall–Kier alpha value is -2.01. The van der Waals surface area contributed by atoms with E-state index >= 15 is 0 Å². The number of hydrogen-bond donors (Lipinski definition) is 1. The van der Waals surface area contributed by atoms with Crippen molar-refractivity contribution in [3.63, 3.8) is 0 Å². The fourth-order valence-electron chi connectivity index (χ4n) is 1.43. The summed E-state index contributed by atoms with van der Waals surface area (Å²) >= 11 is 5.86. The summed E-state index contributed by atoms with van der Waals surface area (Å²) in [5.74, 6) is 0.526. The second-order valence-corrected chi connectivity index (χ2v) is 3.72. The smallest absolute Gasteiger partial charge is 0.262 e. The Kier molecular flexibility index (Phi) is 2.04. The third-order valence-corrected chi connectivity index (χ3v) is 2.35. The zero-order valence-electron chi connectivity index (χ0n) is 8.21. The summed E-state index contributed by atoms with van der Waals surface area (Å²) in [7, 11) is 0. The van der Waals surface area contributed by atoms with Gasteiger partial charge in [-0.15, -0.1) is 5.10 Å². The van der Waals surface area contributed by atoms with Crippen LogP contribution in [-0.4, -0.2) is 19.3 Å². The van der Waals surface area contributed by atoms with Crippen LogP contribution in [0.1, 0.15) is 0 Å². The minimum absolute atomic E-state index is 0.526. The summed E-state index contributed by atoms with van der Waals surface area (Å²) in [6, 6.07) is 7.43. The fraction of sp³-hybridized carbons (Fsp3) is 0. The quantitative estimate of drug-likeness (QED) is 0.737. The van der Waals surface area contributed by atoms with Crippen LogP contribution in [0.15, 0.2) is 42.9 Å². The number of pyridine rings is 1. The molecule has 0 fully saturated rings. The highest BCUT2D eigenvalue weighted by molar-refractivity contribution is 6.30. The third kappa shape index (κ3) is 1.61. The Morgan fingerprint density at radius 2 is 2.00 bits per heavy atom. The van der Waals surface area contributed by atoms with Gasteiger partial charge in [-0.1, -0.05) is 11.6 Å². The predicted octanol–water partition coefficient (Wildman–Crippen LogP) is 2.06. The molecular weight excluding hydrogens is 226 g/mol. The van der Waals surface area contributed by atoms with Gasteiger partial charge in [0, 0.05) is 18.6 Å². The Morgan fingerprint density at radius 1 is 1.19 bits per heavy atom. The molecule has 0 aliphatic heterocycles. The molecule has 0 radical (unpaired) electrons. The van der Waals surface area contributed by atoms with Crippen LogP contribution in [0.3, 0.4) is 0 Å². The van der Waals surface area contributed by atoms with Crippen molar-refractivity contribution in [3.05, 3.63) is 47.9 Å². The van der Waals surface area contributed by atoms with Crippen LogP contribution in [0.4, 0.5) is 5.95 Å². The van der Waals surface area contributed by atoms with Crippen LogP contribution in [0.2, 0.25) is 5.02 Å². The van der Waals surface area contributed by atoms with Crippen LogP contribution in [0.25, 0.3) is 5.65 Å².